The molecule has 6 heteroatoms. The summed E-state index contributed by atoms with van der Waals surface area (Å²) in [6.45, 7) is 3.36. The number of aromatic nitrogens is 2. The molecule has 0 aliphatic carbocycles. The van der Waals surface area contributed by atoms with E-state index >= 15 is 0 Å². The molecule has 0 amide bonds. The summed E-state index contributed by atoms with van der Waals surface area (Å²) in [5.41, 5.74) is 3.32. The molecule has 1 heterocycles. The van der Waals surface area contributed by atoms with Gasteiger partial charge in [0.25, 0.3) is 0 Å². The van der Waals surface area contributed by atoms with Gasteiger partial charge in [0, 0.05) is 12.1 Å². The van der Waals surface area contributed by atoms with Gasteiger partial charge in [-0.2, -0.15) is 5.10 Å². The summed E-state index contributed by atoms with van der Waals surface area (Å²) >= 11 is 9.78. The van der Waals surface area contributed by atoms with Gasteiger partial charge in [0.15, 0.2) is 0 Å². The van der Waals surface area contributed by atoms with E-state index in [-0.39, 0.29) is 6.04 Å². The molecule has 1 unspecified atom stereocenters. The summed E-state index contributed by atoms with van der Waals surface area (Å²) in [6, 6.07) is 6.08. The lowest BCUT2D eigenvalue weighted by atomic mass is 10.0. The maximum atomic E-state index is 6.19. The highest BCUT2D eigenvalue weighted by Crippen LogP contribution is 2.30. The molecule has 0 aliphatic rings. The Morgan fingerprint density at radius 2 is 2.19 bits per heavy atom. The molecule has 0 aliphatic heterocycles. The fourth-order valence-corrected chi connectivity index (χ4v) is 3.23. The molecule has 0 saturated carbocycles. The number of benzene rings is 1. The zero-order valence-corrected chi connectivity index (χ0v) is 14.7. The third-order valence-electron chi connectivity index (χ3n) is 3.30. The van der Waals surface area contributed by atoms with Crippen LogP contribution in [0.15, 0.2) is 28.9 Å². The largest absolute Gasteiger partial charge is 0.383 e. The number of methoxy groups -OCH3 is 1. The van der Waals surface area contributed by atoms with Gasteiger partial charge in [-0.15, -0.1) is 0 Å². The van der Waals surface area contributed by atoms with Crippen molar-refractivity contribution >= 4 is 27.5 Å². The molecular formula is C15H19BrClN3O. The maximum absolute atomic E-state index is 6.19. The van der Waals surface area contributed by atoms with Crippen LogP contribution in [0, 0.1) is 6.92 Å². The first-order valence-electron chi connectivity index (χ1n) is 6.71. The smallest absolute Gasteiger partial charge is 0.0758 e. The van der Waals surface area contributed by atoms with E-state index in [4.69, 9.17) is 16.3 Å². The highest BCUT2D eigenvalue weighted by Gasteiger charge is 2.21. The molecule has 2 aromatic rings. The summed E-state index contributed by atoms with van der Waals surface area (Å²) < 4.78 is 8.07. The van der Waals surface area contributed by atoms with Crippen LogP contribution in [0.1, 0.15) is 22.9 Å². The van der Waals surface area contributed by atoms with Crippen LogP contribution in [0.3, 0.4) is 0 Å². The van der Waals surface area contributed by atoms with E-state index in [0.29, 0.717) is 13.2 Å². The molecule has 2 rings (SSSR count). The van der Waals surface area contributed by atoms with Crippen LogP contribution >= 0.6 is 27.5 Å². The number of hydrogen-bond acceptors (Lipinski definition) is 3. The molecule has 1 atom stereocenters. The molecule has 0 bridgehead atoms. The van der Waals surface area contributed by atoms with Gasteiger partial charge in [-0.3, -0.25) is 4.68 Å². The lowest BCUT2D eigenvalue weighted by Gasteiger charge is -2.20. The molecule has 4 nitrogen and oxygen atoms in total. The first-order valence-corrected chi connectivity index (χ1v) is 7.88. The SMILES string of the molecule is CNC(c1cc(C)cc(Cl)c1)c1c(Br)cnn1CCOC. The number of rotatable bonds is 6. The zero-order chi connectivity index (χ0) is 15.4. The average Bonchev–Trinajstić information content (AvgIpc) is 2.78. The predicted octanol–water partition coefficient (Wildman–Crippen LogP) is 3.56. The van der Waals surface area contributed by atoms with Crippen molar-refractivity contribution in [1.82, 2.24) is 15.1 Å². The van der Waals surface area contributed by atoms with Crippen LogP contribution in [0.5, 0.6) is 0 Å². The number of halogens is 2. The number of nitrogens with zero attached hydrogens (tertiary/aromatic N) is 2. The Balaban J connectivity index is 2.43. The van der Waals surface area contributed by atoms with Crippen molar-refractivity contribution in [2.75, 3.05) is 20.8 Å². The van der Waals surface area contributed by atoms with Crippen molar-refractivity contribution in [1.29, 1.82) is 0 Å². The Labute approximate surface area is 138 Å². The van der Waals surface area contributed by atoms with Crippen molar-refractivity contribution in [2.45, 2.75) is 19.5 Å². The van der Waals surface area contributed by atoms with Crippen molar-refractivity contribution in [3.05, 3.63) is 50.7 Å². The lowest BCUT2D eigenvalue weighted by molar-refractivity contribution is 0.182. The topological polar surface area (TPSA) is 39.1 Å². The van der Waals surface area contributed by atoms with E-state index in [9.17, 15) is 0 Å². The van der Waals surface area contributed by atoms with E-state index in [1.165, 1.54) is 0 Å². The predicted molar refractivity (Wildman–Crippen MR) is 88.9 cm³/mol. The van der Waals surface area contributed by atoms with Gasteiger partial charge in [-0.05, 0) is 53.2 Å². The van der Waals surface area contributed by atoms with Crippen molar-refractivity contribution < 1.29 is 4.74 Å². The quantitative estimate of drug-likeness (QED) is 0.842. The highest BCUT2D eigenvalue weighted by atomic mass is 79.9. The Bertz CT molecular complexity index is 595. The van der Waals surface area contributed by atoms with E-state index in [1.54, 1.807) is 7.11 Å². The molecular weight excluding hydrogens is 354 g/mol. The summed E-state index contributed by atoms with van der Waals surface area (Å²) in [6.07, 6.45) is 1.81. The second-order valence-electron chi connectivity index (χ2n) is 4.88. The standard InChI is InChI=1S/C15H19BrClN3O/c1-10-6-11(8-12(17)7-10)14(18-2)15-13(16)9-19-20(15)4-5-21-3/h6-9,14,18H,4-5H2,1-3H3. The highest BCUT2D eigenvalue weighted by molar-refractivity contribution is 9.10. The molecule has 0 fully saturated rings. The number of aryl methyl sites for hydroxylation is 1. The Hall–Kier alpha value is -0.880. The third kappa shape index (κ3) is 3.86. The average molecular weight is 373 g/mol. The molecule has 21 heavy (non-hydrogen) atoms. The van der Waals surface area contributed by atoms with E-state index in [0.717, 1.165) is 26.3 Å². The Kier molecular flexibility index (Phi) is 5.81. The van der Waals surface area contributed by atoms with Crippen molar-refractivity contribution in [3.8, 4) is 0 Å². The summed E-state index contributed by atoms with van der Waals surface area (Å²) in [5.74, 6) is 0. The fraction of sp³-hybridized carbons (Fsp3) is 0.400. The van der Waals surface area contributed by atoms with Crippen LogP contribution in [0.2, 0.25) is 5.02 Å². The van der Waals surface area contributed by atoms with Gasteiger partial charge in [-0.25, -0.2) is 0 Å². The Morgan fingerprint density at radius 1 is 1.43 bits per heavy atom. The lowest BCUT2D eigenvalue weighted by Crippen LogP contribution is -2.23. The number of nitrogens with one attached hydrogen (secondary N) is 1. The minimum atomic E-state index is 0.0103. The fourth-order valence-electron chi connectivity index (χ4n) is 2.41. The first kappa shape index (κ1) is 16.5. The third-order valence-corrected chi connectivity index (χ3v) is 4.13. The molecule has 114 valence electrons. The number of ether oxygens (including phenoxy) is 1. The number of hydrogen-bond donors (Lipinski definition) is 1. The minimum absolute atomic E-state index is 0.0103. The molecule has 0 saturated heterocycles. The molecule has 0 radical (unpaired) electrons. The van der Waals surface area contributed by atoms with Crippen LogP contribution in [-0.2, 0) is 11.3 Å². The summed E-state index contributed by atoms with van der Waals surface area (Å²) in [5, 5.41) is 8.49. The van der Waals surface area contributed by atoms with Gasteiger partial charge >= 0.3 is 0 Å². The second kappa shape index (κ2) is 7.40. The Morgan fingerprint density at radius 3 is 2.81 bits per heavy atom. The van der Waals surface area contributed by atoms with Gasteiger partial charge in [0.1, 0.15) is 0 Å². The first-order chi connectivity index (χ1) is 10.1. The maximum Gasteiger partial charge on any atom is 0.0758 e. The van der Waals surface area contributed by atoms with Crippen molar-refractivity contribution in [2.24, 2.45) is 0 Å². The van der Waals surface area contributed by atoms with Gasteiger partial charge in [0.05, 0.1) is 35.6 Å². The van der Waals surface area contributed by atoms with Gasteiger partial charge < -0.3 is 10.1 Å². The van der Waals surface area contributed by atoms with E-state index < -0.39 is 0 Å². The van der Waals surface area contributed by atoms with Crippen LogP contribution in [0.4, 0.5) is 0 Å². The van der Waals surface area contributed by atoms with Gasteiger partial charge in [0.2, 0.25) is 0 Å². The summed E-state index contributed by atoms with van der Waals surface area (Å²) in [7, 11) is 3.62. The zero-order valence-electron chi connectivity index (χ0n) is 12.4. The molecule has 1 N–H and O–H groups in total. The molecule has 1 aromatic heterocycles. The van der Waals surface area contributed by atoms with Crippen LogP contribution in [0.25, 0.3) is 0 Å². The van der Waals surface area contributed by atoms with Gasteiger partial charge in [-0.1, -0.05) is 17.7 Å². The van der Waals surface area contributed by atoms with Crippen LogP contribution in [-0.4, -0.2) is 30.5 Å². The van der Waals surface area contributed by atoms with E-state index in [2.05, 4.69) is 32.4 Å². The minimum Gasteiger partial charge on any atom is -0.383 e. The normalized spacial score (nSPS) is 12.6. The molecule has 0 spiro atoms. The summed E-state index contributed by atoms with van der Waals surface area (Å²) in [4.78, 5) is 0. The monoisotopic (exact) mass is 371 g/mol. The molecule has 1 aromatic carbocycles. The van der Waals surface area contributed by atoms with E-state index in [1.807, 2.05) is 37.0 Å². The van der Waals surface area contributed by atoms with Crippen LogP contribution < -0.4 is 5.32 Å². The second-order valence-corrected chi connectivity index (χ2v) is 6.17. The van der Waals surface area contributed by atoms with Crippen molar-refractivity contribution in [3.63, 3.8) is 0 Å².